The molecule has 3 rings (SSSR count). The van der Waals surface area contributed by atoms with Gasteiger partial charge in [0.2, 0.25) is 0 Å². The second-order valence-electron chi connectivity index (χ2n) is 4.97. The fourth-order valence-corrected chi connectivity index (χ4v) is 3.53. The first-order valence-electron chi connectivity index (χ1n) is 6.94. The first-order chi connectivity index (χ1) is 9.24. The van der Waals surface area contributed by atoms with E-state index in [1.54, 1.807) is 11.3 Å². The van der Waals surface area contributed by atoms with E-state index in [0.717, 1.165) is 30.6 Å². The number of nitrogens with zero attached hydrogens (tertiary/aromatic N) is 2. The molecule has 0 atom stereocenters. The molecular weight excluding hydrogens is 256 g/mol. The Morgan fingerprint density at radius 1 is 1.42 bits per heavy atom. The van der Waals surface area contributed by atoms with Gasteiger partial charge < -0.3 is 4.57 Å². The number of aromatic nitrogens is 1. The Balaban J connectivity index is 2.22. The number of hydrogen-bond donors (Lipinski definition) is 0. The molecule has 1 heterocycles. The summed E-state index contributed by atoms with van der Waals surface area (Å²) in [6.45, 7) is 5.13. The smallest absolute Gasteiger partial charge is 0.251 e. The van der Waals surface area contributed by atoms with E-state index in [2.05, 4.69) is 41.6 Å². The van der Waals surface area contributed by atoms with E-state index < -0.39 is 0 Å². The van der Waals surface area contributed by atoms with E-state index >= 15 is 0 Å². The van der Waals surface area contributed by atoms with Gasteiger partial charge in [-0.05, 0) is 37.8 Å². The number of thiazole rings is 1. The van der Waals surface area contributed by atoms with Crippen molar-refractivity contribution < 1.29 is 4.79 Å². The topological polar surface area (TPSA) is 34.4 Å². The maximum absolute atomic E-state index is 11.9. The molecule has 0 unspecified atom stereocenters. The quantitative estimate of drug-likeness (QED) is 0.846. The van der Waals surface area contributed by atoms with Gasteiger partial charge in [-0.1, -0.05) is 30.4 Å². The van der Waals surface area contributed by atoms with Gasteiger partial charge in [-0.2, -0.15) is 4.99 Å². The zero-order valence-electron chi connectivity index (χ0n) is 11.3. The summed E-state index contributed by atoms with van der Waals surface area (Å²) in [5.74, 6) is 0.257. The predicted octanol–water partition coefficient (Wildman–Crippen LogP) is 3.12. The van der Waals surface area contributed by atoms with Gasteiger partial charge in [-0.3, -0.25) is 4.79 Å². The van der Waals surface area contributed by atoms with Crippen LogP contribution in [0.25, 0.3) is 10.2 Å². The SMILES string of the molecule is CCc1cccc2sc(=NC(=O)C3CC3)n(CC)c12. The number of hydrogen-bond acceptors (Lipinski definition) is 2. The minimum absolute atomic E-state index is 0.0619. The number of aryl methyl sites for hydroxylation is 2. The summed E-state index contributed by atoms with van der Waals surface area (Å²) < 4.78 is 3.41. The number of rotatable bonds is 3. The highest BCUT2D eigenvalue weighted by molar-refractivity contribution is 7.16. The molecule has 0 bridgehead atoms. The van der Waals surface area contributed by atoms with E-state index in [0.29, 0.717) is 0 Å². The lowest BCUT2D eigenvalue weighted by atomic mass is 10.1. The van der Waals surface area contributed by atoms with Crippen molar-refractivity contribution in [1.29, 1.82) is 0 Å². The van der Waals surface area contributed by atoms with Crippen molar-refractivity contribution in [2.24, 2.45) is 10.9 Å². The first kappa shape index (κ1) is 12.6. The second-order valence-corrected chi connectivity index (χ2v) is 5.98. The summed E-state index contributed by atoms with van der Waals surface area (Å²) in [7, 11) is 0. The molecule has 1 fully saturated rings. The van der Waals surface area contributed by atoms with E-state index in [4.69, 9.17) is 0 Å². The number of amides is 1. The van der Waals surface area contributed by atoms with Gasteiger partial charge in [0.1, 0.15) is 0 Å². The van der Waals surface area contributed by atoms with Crippen molar-refractivity contribution in [3.8, 4) is 0 Å². The number of fused-ring (bicyclic) bond motifs is 1. The molecule has 1 saturated carbocycles. The van der Waals surface area contributed by atoms with Crippen LogP contribution in [0.15, 0.2) is 23.2 Å². The van der Waals surface area contributed by atoms with Crippen molar-refractivity contribution >= 4 is 27.5 Å². The van der Waals surface area contributed by atoms with E-state index in [-0.39, 0.29) is 11.8 Å². The summed E-state index contributed by atoms with van der Waals surface area (Å²) in [6.07, 6.45) is 3.03. The van der Waals surface area contributed by atoms with Crippen LogP contribution in [0.5, 0.6) is 0 Å². The third-order valence-corrected chi connectivity index (χ3v) is 4.66. The molecule has 0 aliphatic heterocycles. The molecule has 1 aliphatic rings. The molecule has 3 nitrogen and oxygen atoms in total. The molecule has 1 aromatic carbocycles. The van der Waals surface area contributed by atoms with E-state index in [1.165, 1.54) is 15.8 Å². The predicted molar refractivity (Wildman–Crippen MR) is 78.2 cm³/mol. The van der Waals surface area contributed by atoms with Crippen molar-refractivity contribution in [2.45, 2.75) is 39.7 Å². The average Bonchev–Trinajstić information content (AvgIpc) is 3.20. The monoisotopic (exact) mass is 274 g/mol. The van der Waals surface area contributed by atoms with E-state index in [1.807, 2.05) is 0 Å². The summed E-state index contributed by atoms with van der Waals surface area (Å²) >= 11 is 1.63. The van der Waals surface area contributed by atoms with Crippen molar-refractivity contribution in [1.82, 2.24) is 4.57 Å². The van der Waals surface area contributed by atoms with Gasteiger partial charge >= 0.3 is 0 Å². The van der Waals surface area contributed by atoms with Crippen LogP contribution in [0.4, 0.5) is 0 Å². The maximum Gasteiger partial charge on any atom is 0.251 e. The number of para-hydroxylation sites is 1. The number of benzene rings is 1. The van der Waals surface area contributed by atoms with Gasteiger partial charge in [0.25, 0.3) is 5.91 Å². The maximum atomic E-state index is 11.9. The molecule has 0 spiro atoms. The highest BCUT2D eigenvalue weighted by Crippen LogP contribution is 2.30. The summed E-state index contributed by atoms with van der Waals surface area (Å²) in [6, 6.07) is 6.36. The first-order valence-corrected chi connectivity index (χ1v) is 7.76. The highest BCUT2D eigenvalue weighted by atomic mass is 32.1. The Bertz CT molecular complexity index is 692. The summed E-state index contributed by atoms with van der Waals surface area (Å²) in [5, 5.41) is 0. The molecular formula is C15H18N2OS. The van der Waals surface area contributed by atoms with Crippen molar-refractivity contribution in [3.05, 3.63) is 28.6 Å². The highest BCUT2D eigenvalue weighted by Gasteiger charge is 2.29. The second kappa shape index (κ2) is 4.93. The Morgan fingerprint density at radius 2 is 2.21 bits per heavy atom. The molecule has 0 radical (unpaired) electrons. The standard InChI is InChI=1S/C15H18N2OS/c1-3-10-6-5-7-12-13(10)17(4-2)15(19-12)16-14(18)11-8-9-11/h5-7,11H,3-4,8-9H2,1-2H3. The lowest BCUT2D eigenvalue weighted by molar-refractivity contribution is -0.119. The molecule has 19 heavy (non-hydrogen) atoms. The number of carbonyl (C=O) groups is 1. The minimum Gasteiger partial charge on any atom is -0.316 e. The third kappa shape index (κ3) is 2.25. The average molecular weight is 274 g/mol. The lowest BCUT2D eigenvalue weighted by Crippen LogP contribution is -2.16. The van der Waals surface area contributed by atoms with Crippen molar-refractivity contribution in [2.75, 3.05) is 0 Å². The molecule has 100 valence electrons. The van der Waals surface area contributed by atoms with Gasteiger partial charge in [-0.15, -0.1) is 0 Å². The largest absolute Gasteiger partial charge is 0.316 e. The molecule has 1 aliphatic carbocycles. The van der Waals surface area contributed by atoms with Gasteiger partial charge in [0.05, 0.1) is 10.2 Å². The Morgan fingerprint density at radius 3 is 2.84 bits per heavy atom. The Hall–Kier alpha value is -1.42. The van der Waals surface area contributed by atoms with Crippen LogP contribution >= 0.6 is 11.3 Å². The van der Waals surface area contributed by atoms with Crippen LogP contribution in [0.3, 0.4) is 0 Å². The lowest BCUT2D eigenvalue weighted by Gasteiger charge is -2.04. The van der Waals surface area contributed by atoms with Crippen LogP contribution in [-0.4, -0.2) is 10.5 Å². The molecule has 0 saturated heterocycles. The zero-order valence-corrected chi connectivity index (χ0v) is 12.2. The van der Waals surface area contributed by atoms with Crippen LogP contribution in [-0.2, 0) is 17.8 Å². The molecule has 1 amide bonds. The molecule has 4 heteroatoms. The fraction of sp³-hybridized carbons (Fsp3) is 0.467. The Kier molecular flexibility index (Phi) is 3.27. The third-order valence-electron chi connectivity index (χ3n) is 3.61. The molecule has 1 aromatic heterocycles. The zero-order chi connectivity index (χ0) is 13.4. The molecule has 2 aromatic rings. The van der Waals surface area contributed by atoms with Crippen LogP contribution in [0.1, 0.15) is 32.3 Å². The molecule has 0 N–H and O–H groups in total. The fourth-order valence-electron chi connectivity index (χ4n) is 2.38. The minimum atomic E-state index is 0.0619. The van der Waals surface area contributed by atoms with E-state index in [9.17, 15) is 4.79 Å². The van der Waals surface area contributed by atoms with Crippen LogP contribution < -0.4 is 4.80 Å². The normalized spacial score (nSPS) is 16.2. The summed E-state index contributed by atoms with van der Waals surface area (Å²) in [5.41, 5.74) is 2.58. The van der Waals surface area contributed by atoms with Crippen molar-refractivity contribution in [3.63, 3.8) is 0 Å². The van der Waals surface area contributed by atoms with Crippen LogP contribution in [0, 0.1) is 5.92 Å². The summed E-state index contributed by atoms with van der Waals surface area (Å²) in [4.78, 5) is 17.1. The van der Waals surface area contributed by atoms with Gasteiger partial charge in [0, 0.05) is 12.5 Å². The van der Waals surface area contributed by atoms with Crippen LogP contribution in [0.2, 0.25) is 0 Å². The number of carbonyl (C=O) groups excluding carboxylic acids is 1. The van der Waals surface area contributed by atoms with Gasteiger partial charge in [-0.25, -0.2) is 0 Å². The van der Waals surface area contributed by atoms with Gasteiger partial charge in [0.15, 0.2) is 4.80 Å². The Labute approximate surface area is 116 Å².